The van der Waals surface area contributed by atoms with Gasteiger partial charge in [-0.2, -0.15) is 0 Å². The summed E-state index contributed by atoms with van der Waals surface area (Å²) in [6, 6.07) is 14.2. The number of ether oxygens (including phenoxy) is 1. The maximum Gasteiger partial charge on any atom is 0.230 e. The van der Waals surface area contributed by atoms with Gasteiger partial charge in [-0.15, -0.1) is 0 Å². The fraction of sp³-hybridized carbons (Fsp3) is 0.111. The van der Waals surface area contributed by atoms with E-state index in [0.717, 1.165) is 11.1 Å². The molecule has 0 fully saturated rings. The van der Waals surface area contributed by atoms with Gasteiger partial charge in [0.2, 0.25) is 5.55 Å². The van der Waals surface area contributed by atoms with E-state index >= 15 is 0 Å². The normalized spacial score (nSPS) is 11.7. The number of ketones is 1. The molecule has 3 aromatic rings. The summed E-state index contributed by atoms with van der Waals surface area (Å²) in [5, 5.41) is 0.767. The van der Waals surface area contributed by atoms with Crippen LogP contribution < -0.4 is 16.0 Å². The van der Waals surface area contributed by atoms with Gasteiger partial charge in [-0.05, 0) is 55.5 Å². The zero-order chi connectivity index (χ0) is 16.4. The van der Waals surface area contributed by atoms with Crippen molar-refractivity contribution >= 4 is 28.1 Å². The zero-order valence-electron chi connectivity index (χ0n) is 12.9. The highest BCUT2D eigenvalue weighted by Crippen LogP contribution is 2.20. The van der Waals surface area contributed by atoms with Gasteiger partial charge in [0.25, 0.3) is 0 Å². The Labute approximate surface area is 133 Å². The second-order valence-electron chi connectivity index (χ2n) is 5.13. The van der Waals surface area contributed by atoms with Crippen LogP contribution in [0.2, 0.25) is 0 Å². The minimum Gasteiger partial charge on any atom is -0.497 e. The summed E-state index contributed by atoms with van der Waals surface area (Å²) in [6.45, 7) is 1.48. The number of fused-ring (bicyclic) bond motifs is 1. The largest absolute Gasteiger partial charge is 0.497 e. The number of hydrogen-bond donors (Lipinski definition) is 1. The second kappa shape index (κ2) is 5.96. The predicted molar refractivity (Wildman–Crippen MR) is 88.8 cm³/mol. The van der Waals surface area contributed by atoms with Crippen molar-refractivity contribution in [3.8, 4) is 5.75 Å². The first-order valence-electron chi connectivity index (χ1n) is 7.10. The van der Waals surface area contributed by atoms with E-state index in [1.807, 2.05) is 0 Å². The van der Waals surface area contributed by atoms with Crippen LogP contribution in [0.5, 0.6) is 5.75 Å². The van der Waals surface area contributed by atoms with Crippen molar-refractivity contribution in [1.29, 1.82) is 0 Å². The van der Waals surface area contributed by atoms with E-state index in [0.29, 0.717) is 22.5 Å². The molecule has 0 aliphatic carbocycles. The fourth-order valence-electron chi connectivity index (χ4n) is 2.26. The van der Waals surface area contributed by atoms with Crippen LogP contribution in [0, 0.1) is 0 Å². The molecular weight excluding hydrogens is 292 g/mol. The van der Waals surface area contributed by atoms with Gasteiger partial charge in [-0.3, -0.25) is 4.79 Å². The van der Waals surface area contributed by atoms with E-state index in [-0.39, 0.29) is 11.3 Å². The third kappa shape index (κ3) is 3.08. The Balaban J connectivity index is 2.21. The smallest absolute Gasteiger partial charge is 0.230 e. The number of anilines is 1. The Hall–Kier alpha value is -3.08. The number of carbonyl (C=O) groups excluding carboxylic acids is 1. The predicted octanol–water partition coefficient (Wildman–Crippen LogP) is 3.46. The van der Waals surface area contributed by atoms with E-state index in [9.17, 15) is 4.79 Å². The first kappa shape index (κ1) is 14.8. The molecule has 0 saturated heterocycles. The maximum absolute atomic E-state index is 11.9. The second-order valence-corrected chi connectivity index (χ2v) is 5.13. The van der Waals surface area contributed by atoms with Gasteiger partial charge in [0.05, 0.1) is 18.4 Å². The van der Waals surface area contributed by atoms with Gasteiger partial charge in [-0.1, -0.05) is 0 Å². The van der Waals surface area contributed by atoms with Crippen LogP contribution in [0.25, 0.3) is 11.0 Å². The molecule has 116 valence electrons. The first-order valence-corrected chi connectivity index (χ1v) is 7.10. The molecule has 0 radical (unpaired) electrons. The number of hydrogen-bond acceptors (Lipinski definition) is 5. The van der Waals surface area contributed by atoms with E-state index in [1.54, 1.807) is 55.6 Å². The van der Waals surface area contributed by atoms with Crippen LogP contribution in [-0.2, 0) is 0 Å². The molecule has 0 atom stereocenters. The molecule has 0 aliphatic rings. The first-order chi connectivity index (χ1) is 11.1. The molecule has 2 aromatic carbocycles. The average Bonchev–Trinajstić information content (AvgIpc) is 2.55. The topological polar surface area (TPSA) is 77.8 Å². The minimum atomic E-state index is -0.120. The highest BCUT2D eigenvalue weighted by atomic mass is 16.5. The summed E-state index contributed by atoms with van der Waals surface area (Å²) in [4.78, 5) is 16.4. The summed E-state index contributed by atoms with van der Waals surface area (Å²) in [7, 11) is 1.60. The summed E-state index contributed by atoms with van der Waals surface area (Å²) in [5.74, 6) is 0.618. The molecule has 2 N–H and O–H groups in total. The van der Waals surface area contributed by atoms with Gasteiger partial charge in [0.1, 0.15) is 11.3 Å². The van der Waals surface area contributed by atoms with Crippen molar-refractivity contribution in [3.63, 3.8) is 0 Å². The van der Waals surface area contributed by atoms with E-state index < -0.39 is 0 Å². The summed E-state index contributed by atoms with van der Waals surface area (Å²) >= 11 is 0. The SMILES string of the molecule is COc1ccc(/N=c2\oc3ccc(N)cc3cc2C(C)=O)cc1. The van der Waals surface area contributed by atoms with E-state index in [2.05, 4.69) is 4.99 Å². The lowest BCUT2D eigenvalue weighted by Gasteiger charge is -2.03. The molecule has 1 aromatic heterocycles. The quantitative estimate of drug-likeness (QED) is 0.593. The monoisotopic (exact) mass is 308 g/mol. The van der Waals surface area contributed by atoms with Crippen molar-refractivity contribution in [2.75, 3.05) is 12.8 Å². The Kier molecular flexibility index (Phi) is 3.85. The lowest BCUT2D eigenvalue weighted by atomic mass is 10.1. The summed E-state index contributed by atoms with van der Waals surface area (Å²) in [6.07, 6.45) is 0. The summed E-state index contributed by atoms with van der Waals surface area (Å²) in [5.41, 5.74) is 8.38. The Bertz CT molecular complexity index is 941. The molecule has 1 heterocycles. The third-order valence-corrected chi connectivity index (χ3v) is 3.45. The molecule has 5 heteroatoms. The molecule has 5 nitrogen and oxygen atoms in total. The molecule has 0 spiro atoms. The fourth-order valence-corrected chi connectivity index (χ4v) is 2.26. The van der Waals surface area contributed by atoms with Crippen molar-refractivity contribution in [1.82, 2.24) is 0 Å². The average molecular weight is 308 g/mol. The van der Waals surface area contributed by atoms with E-state index in [4.69, 9.17) is 14.9 Å². The number of methoxy groups -OCH3 is 1. The minimum absolute atomic E-state index is 0.120. The number of benzene rings is 2. The van der Waals surface area contributed by atoms with Crippen molar-refractivity contribution in [3.05, 3.63) is 59.6 Å². The molecule has 23 heavy (non-hydrogen) atoms. The molecule has 3 rings (SSSR count). The van der Waals surface area contributed by atoms with Gasteiger partial charge in [0, 0.05) is 11.1 Å². The lowest BCUT2D eigenvalue weighted by Crippen LogP contribution is -2.13. The van der Waals surface area contributed by atoms with Crippen LogP contribution >= 0.6 is 0 Å². The highest BCUT2D eigenvalue weighted by molar-refractivity contribution is 5.96. The van der Waals surface area contributed by atoms with Crippen molar-refractivity contribution in [2.45, 2.75) is 6.92 Å². The number of nitrogens with zero attached hydrogens (tertiary/aromatic N) is 1. The van der Waals surface area contributed by atoms with Crippen LogP contribution in [0.3, 0.4) is 0 Å². The zero-order valence-corrected chi connectivity index (χ0v) is 12.9. The van der Waals surface area contributed by atoms with Crippen LogP contribution in [0.15, 0.2) is 57.9 Å². The Morgan fingerprint density at radius 1 is 1.13 bits per heavy atom. The maximum atomic E-state index is 11.9. The van der Waals surface area contributed by atoms with Crippen LogP contribution in [0.4, 0.5) is 11.4 Å². The Morgan fingerprint density at radius 2 is 1.87 bits per heavy atom. The van der Waals surface area contributed by atoms with Crippen LogP contribution in [-0.4, -0.2) is 12.9 Å². The van der Waals surface area contributed by atoms with Crippen LogP contribution in [0.1, 0.15) is 17.3 Å². The third-order valence-electron chi connectivity index (χ3n) is 3.45. The van der Waals surface area contributed by atoms with Gasteiger partial charge in [-0.25, -0.2) is 4.99 Å². The Morgan fingerprint density at radius 3 is 2.52 bits per heavy atom. The van der Waals surface area contributed by atoms with E-state index in [1.165, 1.54) is 6.92 Å². The number of Topliss-reactive ketones (excluding diaryl/α,β-unsaturated/α-hetero) is 1. The van der Waals surface area contributed by atoms with Gasteiger partial charge < -0.3 is 14.9 Å². The molecule has 0 bridgehead atoms. The number of nitrogen functional groups attached to an aromatic ring is 1. The number of rotatable bonds is 3. The van der Waals surface area contributed by atoms with Gasteiger partial charge in [0.15, 0.2) is 5.78 Å². The molecular formula is C18H16N2O3. The standard InChI is InChI=1S/C18H16N2O3/c1-11(21)16-10-12-9-13(19)3-8-17(12)23-18(16)20-14-4-6-15(22-2)7-5-14/h3-10H,19H2,1-2H3/b20-18-. The number of nitrogens with two attached hydrogens (primary N) is 1. The van der Waals surface area contributed by atoms with Crippen molar-refractivity contribution < 1.29 is 13.9 Å². The van der Waals surface area contributed by atoms with Gasteiger partial charge >= 0.3 is 0 Å². The highest BCUT2D eigenvalue weighted by Gasteiger charge is 2.09. The van der Waals surface area contributed by atoms with Crippen molar-refractivity contribution in [2.24, 2.45) is 4.99 Å². The summed E-state index contributed by atoms with van der Waals surface area (Å²) < 4.78 is 10.9. The molecule has 0 saturated carbocycles. The lowest BCUT2D eigenvalue weighted by molar-refractivity contribution is 0.101. The molecule has 0 aliphatic heterocycles. The molecule has 0 unspecified atom stereocenters. The molecule has 0 amide bonds. The number of carbonyl (C=O) groups is 1.